The van der Waals surface area contributed by atoms with Crippen LogP contribution in [-0.4, -0.2) is 27.0 Å². The first kappa shape index (κ1) is 25.9. The molecule has 8 nitrogen and oxygen atoms in total. The third kappa shape index (κ3) is 6.14. The van der Waals surface area contributed by atoms with Gasteiger partial charge in [-0.3, -0.25) is 14.4 Å². The van der Waals surface area contributed by atoms with Crippen molar-refractivity contribution in [1.82, 2.24) is 14.6 Å². The van der Waals surface area contributed by atoms with Crippen molar-refractivity contribution >= 4 is 46.5 Å². The van der Waals surface area contributed by atoms with E-state index in [2.05, 4.69) is 9.69 Å². The minimum absolute atomic E-state index is 0.0274. The highest BCUT2D eigenvalue weighted by molar-refractivity contribution is 7.09. The summed E-state index contributed by atoms with van der Waals surface area (Å²) in [6, 6.07) is 24.4. The Kier molecular flexibility index (Phi) is 8.17. The Morgan fingerprint density at radius 1 is 0.919 bits per heavy atom. The van der Waals surface area contributed by atoms with Gasteiger partial charge >= 0.3 is 0 Å². The molecule has 1 atom stereocenters. The number of benzene rings is 3. The Hall–Kier alpha value is -4.21. The SMILES string of the molecule is NC(=O)c1nsc(C(=O)N(Cc2ccccc2)[C@H](C(=O)NCc2ccccc2)c2ccc(Cl)cc2)c1N. The number of rotatable bonds is 9. The first-order valence-electron chi connectivity index (χ1n) is 11.3. The predicted molar refractivity (Wildman–Crippen MR) is 144 cm³/mol. The van der Waals surface area contributed by atoms with Gasteiger partial charge in [0.1, 0.15) is 10.9 Å². The first-order valence-corrected chi connectivity index (χ1v) is 12.5. The second kappa shape index (κ2) is 11.7. The fourth-order valence-corrected chi connectivity index (χ4v) is 4.71. The molecule has 188 valence electrons. The number of nitrogens with zero attached hydrogens (tertiary/aromatic N) is 2. The highest BCUT2D eigenvalue weighted by atomic mass is 35.5. The molecule has 0 aliphatic carbocycles. The van der Waals surface area contributed by atoms with E-state index < -0.39 is 23.8 Å². The molecule has 0 fully saturated rings. The Morgan fingerprint density at radius 3 is 2.08 bits per heavy atom. The van der Waals surface area contributed by atoms with E-state index in [4.69, 9.17) is 23.1 Å². The highest BCUT2D eigenvalue weighted by Crippen LogP contribution is 2.31. The van der Waals surface area contributed by atoms with E-state index in [0.29, 0.717) is 10.6 Å². The molecule has 3 aromatic carbocycles. The van der Waals surface area contributed by atoms with Gasteiger partial charge in [-0.15, -0.1) is 0 Å². The highest BCUT2D eigenvalue weighted by Gasteiger charge is 2.35. The predicted octanol–water partition coefficient (Wildman–Crippen LogP) is 4.18. The number of aromatic nitrogens is 1. The fraction of sp³-hybridized carbons (Fsp3) is 0.111. The number of anilines is 1. The van der Waals surface area contributed by atoms with Gasteiger partial charge in [0.15, 0.2) is 5.69 Å². The molecule has 0 saturated carbocycles. The molecule has 0 aliphatic rings. The second-order valence-corrected chi connectivity index (χ2v) is 9.42. The maximum Gasteiger partial charge on any atom is 0.270 e. The molecule has 4 rings (SSSR count). The smallest absolute Gasteiger partial charge is 0.270 e. The van der Waals surface area contributed by atoms with Crippen LogP contribution in [0.3, 0.4) is 0 Å². The lowest BCUT2D eigenvalue weighted by atomic mass is 10.0. The summed E-state index contributed by atoms with van der Waals surface area (Å²) in [5.74, 6) is -1.79. The molecule has 3 amide bonds. The number of halogens is 1. The Balaban J connectivity index is 1.76. The standard InChI is InChI=1S/C27H24ClN5O3S/c28-20-13-11-19(12-14-20)23(26(35)31-15-17-7-3-1-4-8-17)33(16-18-9-5-2-6-10-18)27(36)24-21(29)22(25(30)34)32-37-24/h1-14,23H,15-16,29H2,(H2,30,34)(H,31,35)/t23-/m0/s1. The van der Waals surface area contributed by atoms with E-state index in [9.17, 15) is 14.4 Å². The van der Waals surface area contributed by atoms with Crippen LogP contribution in [0.4, 0.5) is 5.69 Å². The lowest BCUT2D eigenvalue weighted by Gasteiger charge is -2.31. The summed E-state index contributed by atoms with van der Waals surface area (Å²) in [5, 5.41) is 3.43. The number of amides is 3. The van der Waals surface area contributed by atoms with E-state index in [1.54, 1.807) is 24.3 Å². The maximum atomic E-state index is 13.9. The van der Waals surface area contributed by atoms with Crippen molar-refractivity contribution < 1.29 is 14.4 Å². The Bertz CT molecular complexity index is 1390. The van der Waals surface area contributed by atoms with E-state index in [1.165, 1.54) is 4.90 Å². The lowest BCUT2D eigenvalue weighted by molar-refractivity contribution is -0.126. The van der Waals surface area contributed by atoms with Crippen molar-refractivity contribution in [3.05, 3.63) is 117 Å². The summed E-state index contributed by atoms with van der Waals surface area (Å²) in [7, 11) is 0. The van der Waals surface area contributed by atoms with Gasteiger partial charge in [-0.25, -0.2) is 0 Å². The summed E-state index contributed by atoms with van der Waals surface area (Å²) in [5.41, 5.74) is 13.4. The number of carbonyl (C=O) groups excluding carboxylic acids is 3. The van der Waals surface area contributed by atoms with Crippen LogP contribution in [0.5, 0.6) is 0 Å². The largest absolute Gasteiger partial charge is 0.395 e. The van der Waals surface area contributed by atoms with E-state index >= 15 is 0 Å². The third-order valence-electron chi connectivity index (χ3n) is 5.67. The maximum absolute atomic E-state index is 13.9. The molecule has 1 aromatic heterocycles. The monoisotopic (exact) mass is 533 g/mol. The number of nitrogens with two attached hydrogens (primary N) is 2. The van der Waals surface area contributed by atoms with Crippen LogP contribution in [0.15, 0.2) is 84.9 Å². The zero-order chi connectivity index (χ0) is 26.4. The van der Waals surface area contributed by atoms with Crippen molar-refractivity contribution in [2.75, 3.05) is 5.73 Å². The van der Waals surface area contributed by atoms with Gasteiger partial charge in [-0.2, -0.15) is 4.37 Å². The van der Waals surface area contributed by atoms with Crippen LogP contribution in [0.1, 0.15) is 42.9 Å². The molecule has 0 bridgehead atoms. The molecule has 5 N–H and O–H groups in total. The molecule has 0 saturated heterocycles. The Morgan fingerprint density at radius 2 is 1.51 bits per heavy atom. The molecule has 0 radical (unpaired) electrons. The van der Waals surface area contributed by atoms with Crippen LogP contribution in [0, 0.1) is 0 Å². The van der Waals surface area contributed by atoms with Crippen molar-refractivity contribution in [2.24, 2.45) is 5.73 Å². The number of primary amides is 1. The van der Waals surface area contributed by atoms with Crippen LogP contribution >= 0.6 is 23.1 Å². The number of hydrogen-bond donors (Lipinski definition) is 3. The van der Waals surface area contributed by atoms with E-state index in [1.807, 2.05) is 60.7 Å². The zero-order valence-corrected chi connectivity index (χ0v) is 21.2. The van der Waals surface area contributed by atoms with Crippen molar-refractivity contribution in [1.29, 1.82) is 0 Å². The van der Waals surface area contributed by atoms with Crippen LogP contribution in [-0.2, 0) is 17.9 Å². The lowest BCUT2D eigenvalue weighted by Crippen LogP contribution is -2.43. The van der Waals surface area contributed by atoms with Crippen molar-refractivity contribution in [3.8, 4) is 0 Å². The van der Waals surface area contributed by atoms with Crippen LogP contribution in [0.25, 0.3) is 0 Å². The third-order valence-corrected chi connectivity index (χ3v) is 6.77. The van der Waals surface area contributed by atoms with Crippen molar-refractivity contribution in [3.63, 3.8) is 0 Å². The summed E-state index contributed by atoms with van der Waals surface area (Å²) < 4.78 is 3.97. The van der Waals surface area contributed by atoms with Gasteiger partial charge < -0.3 is 21.7 Å². The minimum Gasteiger partial charge on any atom is -0.395 e. The molecular weight excluding hydrogens is 510 g/mol. The number of hydrogen-bond acceptors (Lipinski definition) is 6. The minimum atomic E-state index is -1.03. The van der Waals surface area contributed by atoms with E-state index in [0.717, 1.165) is 22.7 Å². The van der Waals surface area contributed by atoms with Crippen LogP contribution < -0.4 is 16.8 Å². The Labute approximate surface area is 223 Å². The van der Waals surface area contributed by atoms with Gasteiger partial charge in [0.05, 0.1) is 5.69 Å². The topological polar surface area (TPSA) is 131 Å². The average molecular weight is 534 g/mol. The van der Waals surface area contributed by atoms with Gasteiger partial charge in [0, 0.05) is 18.1 Å². The first-order chi connectivity index (χ1) is 17.8. The van der Waals surface area contributed by atoms with Gasteiger partial charge in [0.25, 0.3) is 11.8 Å². The number of nitrogens with one attached hydrogen (secondary N) is 1. The summed E-state index contributed by atoms with van der Waals surface area (Å²) in [6.07, 6.45) is 0. The average Bonchev–Trinajstić information content (AvgIpc) is 3.30. The molecule has 37 heavy (non-hydrogen) atoms. The zero-order valence-electron chi connectivity index (χ0n) is 19.6. The number of carbonyl (C=O) groups is 3. The fourth-order valence-electron chi connectivity index (χ4n) is 3.82. The van der Waals surface area contributed by atoms with Crippen LogP contribution in [0.2, 0.25) is 5.02 Å². The van der Waals surface area contributed by atoms with Crippen molar-refractivity contribution in [2.45, 2.75) is 19.1 Å². The quantitative estimate of drug-likeness (QED) is 0.297. The molecular formula is C27H24ClN5O3S. The second-order valence-electron chi connectivity index (χ2n) is 8.21. The molecule has 10 heteroatoms. The summed E-state index contributed by atoms with van der Waals surface area (Å²) >= 11 is 6.88. The molecule has 4 aromatic rings. The summed E-state index contributed by atoms with van der Waals surface area (Å²) in [6.45, 7) is 0.362. The molecule has 0 aliphatic heterocycles. The number of nitrogen functional groups attached to an aromatic ring is 1. The molecule has 0 unspecified atom stereocenters. The summed E-state index contributed by atoms with van der Waals surface area (Å²) in [4.78, 5) is 40.8. The van der Waals surface area contributed by atoms with Gasteiger partial charge in [0.2, 0.25) is 5.91 Å². The normalized spacial score (nSPS) is 11.5. The van der Waals surface area contributed by atoms with Gasteiger partial charge in [-0.1, -0.05) is 84.4 Å². The van der Waals surface area contributed by atoms with Gasteiger partial charge in [-0.05, 0) is 40.4 Å². The molecule has 1 heterocycles. The molecule has 0 spiro atoms. The van der Waals surface area contributed by atoms with E-state index in [-0.39, 0.29) is 29.3 Å².